The predicted octanol–water partition coefficient (Wildman–Crippen LogP) is 2.58. The number of rotatable bonds is 6. The van der Waals surface area contributed by atoms with Gasteiger partial charge in [0, 0.05) is 12.6 Å². The van der Waals surface area contributed by atoms with Crippen LogP contribution in [0.3, 0.4) is 0 Å². The van der Waals surface area contributed by atoms with Gasteiger partial charge in [0.15, 0.2) is 0 Å². The SMILES string of the molecule is CCOC(=O)/C=C/C=C/CCNC(=O)OC(C)(C)C. The van der Waals surface area contributed by atoms with E-state index in [1.807, 2.05) is 26.8 Å². The highest BCUT2D eigenvalue weighted by molar-refractivity contribution is 5.82. The first-order chi connectivity index (χ1) is 8.85. The lowest BCUT2D eigenvalue weighted by molar-refractivity contribution is -0.137. The highest BCUT2D eigenvalue weighted by Crippen LogP contribution is 2.06. The van der Waals surface area contributed by atoms with Crippen molar-refractivity contribution in [3.05, 3.63) is 24.3 Å². The first-order valence-corrected chi connectivity index (χ1v) is 6.32. The standard InChI is InChI=1S/C14H23NO4/c1-5-18-12(16)10-8-6-7-9-11-15-13(17)19-14(2,3)4/h6-8,10H,5,9,11H2,1-4H3,(H,15,17)/b7-6+,10-8+. The molecule has 0 fully saturated rings. The van der Waals surface area contributed by atoms with Crippen molar-refractivity contribution in [2.75, 3.05) is 13.2 Å². The van der Waals surface area contributed by atoms with E-state index in [9.17, 15) is 9.59 Å². The number of hydrogen-bond donors (Lipinski definition) is 1. The van der Waals surface area contributed by atoms with E-state index >= 15 is 0 Å². The maximum absolute atomic E-state index is 11.3. The summed E-state index contributed by atoms with van der Waals surface area (Å²) in [5.74, 6) is -0.362. The van der Waals surface area contributed by atoms with Gasteiger partial charge in [-0.05, 0) is 34.1 Å². The van der Waals surface area contributed by atoms with E-state index in [0.29, 0.717) is 19.6 Å². The van der Waals surface area contributed by atoms with Crippen LogP contribution < -0.4 is 5.32 Å². The van der Waals surface area contributed by atoms with Crippen molar-refractivity contribution in [2.24, 2.45) is 0 Å². The van der Waals surface area contributed by atoms with Crippen LogP contribution in [0.1, 0.15) is 34.1 Å². The molecule has 0 aliphatic carbocycles. The van der Waals surface area contributed by atoms with Gasteiger partial charge in [-0.1, -0.05) is 18.2 Å². The largest absolute Gasteiger partial charge is 0.463 e. The average molecular weight is 269 g/mol. The predicted molar refractivity (Wildman–Crippen MR) is 73.8 cm³/mol. The third-order valence-electron chi connectivity index (χ3n) is 1.75. The molecular weight excluding hydrogens is 246 g/mol. The second-order valence-corrected chi connectivity index (χ2v) is 4.76. The van der Waals surface area contributed by atoms with Crippen LogP contribution in [0.25, 0.3) is 0 Å². The van der Waals surface area contributed by atoms with E-state index in [1.54, 1.807) is 19.1 Å². The number of allylic oxidation sites excluding steroid dienone is 2. The number of carbonyl (C=O) groups is 2. The summed E-state index contributed by atoms with van der Waals surface area (Å²) in [6, 6.07) is 0. The molecule has 0 saturated heterocycles. The van der Waals surface area contributed by atoms with Crippen LogP contribution >= 0.6 is 0 Å². The summed E-state index contributed by atoms with van der Waals surface area (Å²) < 4.78 is 9.79. The molecular formula is C14H23NO4. The smallest absolute Gasteiger partial charge is 0.407 e. The topological polar surface area (TPSA) is 64.6 Å². The van der Waals surface area contributed by atoms with Gasteiger partial charge < -0.3 is 14.8 Å². The van der Waals surface area contributed by atoms with Gasteiger partial charge in [0.1, 0.15) is 5.60 Å². The molecule has 0 rings (SSSR count). The molecule has 0 aromatic rings. The molecule has 0 saturated carbocycles. The molecule has 0 aliphatic heterocycles. The Bertz CT molecular complexity index is 340. The van der Waals surface area contributed by atoms with E-state index in [0.717, 1.165) is 0 Å². The van der Waals surface area contributed by atoms with Crippen molar-refractivity contribution in [1.82, 2.24) is 5.32 Å². The highest BCUT2D eigenvalue weighted by atomic mass is 16.6. The van der Waals surface area contributed by atoms with E-state index in [-0.39, 0.29) is 5.97 Å². The minimum Gasteiger partial charge on any atom is -0.463 e. The quantitative estimate of drug-likeness (QED) is 0.348. The zero-order valence-electron chi connectivity index (χ0n) is 12.1. The number of alkyl carbamates (subject to hydrolysis) is 1. The normalized spacial score (nSPS) is 11.8. The van der Waals surface area contributed by atoms with Gasteiger partial charge in [-0.2, -0.15) is 0 Å². The minimum atomic E-state index is -0.484. The molecule has 0 heterocycles. The van der Waals surface area contributed by atoms with Crippen molar-refractivity contribution in [3.8, 4) is 0 Å². The molecule has 5 nitrogen and oxygen atoms in total. The first-order valence-electron chi connectivity index (χ1n) is 6.32. The van der Waals surface area contributed by atoms with Crippen LogP contribution in [0.15, 0.2) is 24.3 Å². The van der Waals surface area contributed by atoms with Crippen molar-refractivity contribution >= 4 is 12.1 Å². The molecule has 0 aromatic heterocycles. The monoisotopic (exact) mass is 269 g/mol. The van der Waals surface area contributed by atoms with Gasteiger partial charge >= 0.3 is 12.1 Å². The summed E-state index contributed by atoms with van der Waals surface area (Å²) in [4.78, 5) is 22.2. The number of amides is 1. The maximum atomic E-state index is 11.3. The third kappa shape index (κ3) is 12.5. The Labute approximate surface area is 114 Å². The zero-order chi connectivity index (χ0) is 14.7. The van der Waals surface area contributed by atoms with Gasteiger partial charge in [-0.15, -0.1) is 0 Å². The molecule has 19 heavy (non-hydrogen) atoms. The Morgan fingerprint density at radius 3 is 2.47 bits per heavy atom. The summed E-state index contributed by atoms with van der Waals surface area (Å²) in [5, 5.41) is 2.63. The van der Waals surface area contributed by atoms with Gasteiger partial charge in [0.25, 0.3) is 0 Å². The maximum Gasteiger partial charge on any atom is 0.407 e. The zero-order valence-corrected chi connectivity index (χ0v) is 12.1. The van der Waals surface area contributed by atoms with Crippen LogP contribution in [0.4, 0.5) is 4.79 Å². The van der Waals surface area contributed by atoms with Crippen molar-refractivity contribution in [2.45, 2.75) is 39.7 Å². The lowest BCUT2D eigenvalue weighted by Crippen LogP contribution is -2.32. The summed E-state index contributed by atoms with van der Waals surface area (Å²) in [6.45, 7) is 8.04. The summed E-state index contributed by atoms with van der Waals surface area (Å²) in [5.41, 5.74) is -0.484. The first kappa shape index (κ1) is 17.2. The fourth-order valence-electron chi connectivity index (χ4n) is 1.07. The molecule has 1 amide bonds. The molecule has 0 atom stereocenters. The Kier molecular flexibility index (Phi) is 8.33. The Morgan fingerprint density at radius 2 is 1.89 bits per heavy atom. The Hall–Kier alpha value is -1.78. The number of carbonyl (C=O) groups excluding carboxylic acids is 2. The van der Waals surface area contributed by atoms with Crippen LogP contribution in [-0.4, -0.2) is 30.8 Å². The fourth-order valence-corrected chi connectivity index (χ4v) is 1.07. The number of nitrogens with one attached hydrogen (secondary N) is 1. The molecule has 5 heteroatoms. The van der Waals surface area contributed by atoms with E-state index < -0.39 is 11.7 Å². The number of hydrogen-bond acceptors (Lipinski definition) is 4. The highest BCUT2D eigenvalue weighted by Gasteiger charge is 2.14. The molecule has 0 bridgehead atoms. The van der Waals surface area contributed by atoms with Gasteiger partial charge in [-0.25, -0.2) is 9.59 Å². The second-order valence-electron chi connectivity index (χ2n) is 4.76. The van der Waals surface area contributed by atoms with Crippen LogP contribution in [0.5, 0.6) is 0 Å². The van der Waals surface area contributed by atoms with Gasteiger partial charge in [0.2, 0.25) is 0 Å². The lowest BCUT2D eigenvalue weighted by Gasteiger charge is -2.19. The van der Waals surface area contributed by atoms with E-state index in [1.165, 1.54) is 6.08 Å². The van der Waals surface area contributed by atoms with Gasteiger partial charge in [0.05, 0.1) is 6.61 Å². The number of ether oxygens (including phenoxy) is 2. The summed E-state index contributed by atoms with van der Waals surface area (Å²) in [6.07, 6.45) is 6.75. The van der Waals surface area contributed by atoms with Gasteiger partial charge in [-0.3, -0.25) is 0 Å². The minimum absolute atomic E-state index is 0.362. The molecule has 0 unspecified atom stereocenters. The molecule has 0 radical (unpaired) electrons. The summed E-state index contributed by atoms with van der Waals surface area (Å²) >= 11 is 0. The fraction of sp³-hybridized carbons (Fsp3) is 0.571. The third-order valence-corrected chi connectivity index (χ3v) is 1.75. The second kappa shape index (κ2) is 9.19. The lowest BCUT2D eigenvalue weighted by atomic mass is 10.2. The Balaban J connectivity index is 3.69. The van der Waals surface area contributed by atoms with Crippen LogP contribution in [0, 0.1) is 0 Å². The molecule has 0 aliphatic rings. The summed E-state index contributed by atoms with van der Waals surface area (Å²) in [7, 11) is 0. The molecule has 0 spiro atoms. The van der Waals surface area contributed by atoms with E-state index in [4.69, 9.17) is 9.47 Å². The average Bonchev–Trinajstić information content (AvgIpc) is 2.25. The molecule has 0 aromatic carbocycles. The molecule has 108 valence electrons. The Morgan fingerprint density at radius 1 is 1.21 bits per heavy atom. The number of esters is 1. The molecule has 1 N–H and O–H groups in total. The van der Waals surface area contributed by atoms with Crippen LogP contribution in [-0.2, 0) is 14.3 Å². The van der Waals surface area contributed by atoms with Crippen molar-refractivity contribution in [1.29, 1.82) is 0 Å². The van der Waals surface area contributed by atoms with Crippen molar-refractivity contribution in [3.63, 3.8) is 0 Å². The van der Waals surface area contributed by atoms with E-state index in [2.05, 4.69) is 5.32 Å². The van der Waals surface area contributed by atoms with Crippen molar-refractivity contribution < 1.29 is 19.1 Å². The van der Waals surface area contributed by atoms with Crippen LogP contribution in [0.2, 0.25) is 0 Å².